The van der Waals surface area contributed by atoms with Gasteiger partial charge in [0.25, 0.3) is 0 Å². The van der Waals surface area contributed by atoms with Crippen molar-refractivity contribution >= 4 is 17.4 Å². The number of rotatable bonds is 0. The molecule has 1 nitrogen and oxygen atoms in total. The maximum absolute atomic E-state index is 12.0. The Morgan fingerprint density at radius 3 is 2.35 bits per heavy atom. The lowest BCUT2D eigenvalue weighted by Gasteiger charge is -2.09. The summed E-state index contributed by atoms with van der Waals surface area (Å²) in [5.74, 6) is 0.202. The highest BCUT2D eigenvalue weighted by Crippen LogP contribution is 2.35. The van der Waals surface area contributed by atoms with Crippen molar-refractivity contribution in [1.29, 1.82) is 0 Å². The molecule has 0 aliphatic heterocycles. The van der Waals surface area contributed by atoms with E-state index in [1.165, 1.54) is 0 Å². The molecule has 0 spiro atoms. The van der Waals surface area contributed by atoms with Crippen LogP contribution in [0.2, 0.25) is 5.02 Å². The Balaban J connectivity index is 2.34. The molecule has 84 valence electrons. The summed E-state index contributed by atoms with van der Waals surface area (Å²) in [4.78, 5) is 12.0. The van der Waals surface area contributed by atoms with E-state index in [1.54, 1.807) is 0 Å². The van der Waals surface area contributed by atoms with Gasteiger partial charge in [-0.15, -0.1) is 0 Å². The number of halogens is 1. The predicted molar refractivity (Wildman–Crippen MR) is 69.5 cm³/mol. The molecule has 0 saturated carbocycles. The first-order valence-electron chi connectivity index (χ1n) is 5.67. The van der Waals surface area contributed by atoms with Gasteiger partial charge >= 0.3 is 0 Å². The van der Waals surface area contributed by atoms with E-state index in [1.807, 2.05) is 42.5 Å². The summed E-state index contributed by atoms with van der Waals surface area (Å²) in [5, 5.41) is 0.756. The van der Waals surface area contributed by atoms with Gasteiger partial charge < -0.3 is 0 Å². The molecule has 2 aromatic carbocycles. The molecule has 0 N–H and O–H groups in total. The van der Waals surface area contributed by atoms with Crippen molar-refractivity contribution in [1.82, 2.24) is 0 Å². The van der Waals surface area contributed by atoms with Crippen LogP contribution in [0.4, 0.5) is 0 Å². The lowest BCUT2D eigenvalue weighted by Crippen LogP contribution is -1.98. The monoisotopic (exact) mass is 242 g/mol. The van der Waals surface area contributed by atoms with Gasteiger partial charge in [0.15, 0.2) is 5.78 Å². The lowest BCUT2D eigenvalue weighted by molar-refractivity contribution is 0.0984. The van der Waals surface area contributed by atoms with E-state index < -0.39 is 0 Å². The van der Waals surface area contributed by atoms with Crippen LogP contribution in [0.25, 0.3) is 11.1 Å². The van der Waals surface area contributed by atoms with Gasteiger partial charge in [0.1, 0.15) is 0 Å². The van der Waals surface area contributed by atoms with Crippen LogP contribution >= 0.6 is 11.6 Å². The van der Waals surface area contributed by atoms with Gasteiger partial charge in [0, 0.05) is 17.0 Å². The summed E-state index contributed by atoms with van der Waals surface area (Å²) < 4.78 is 0. The van der Waals surface area contributed by atoms with E-state index in [2.05, 4.69) is 0 Å². The molecule has 0 bridgehead atoms. The molecule has 2 heteroatoms. The molecule has 1 aliphatic carbocycles. The van der Waals surface area contributed by atoms with Crippen LogP contribution in [-0.2, 0) is 6.42 Å². The molecule has 0 amide bonds. The molecule has 2 aromatic rings. The van der Waals surface area contributed by atoms with Crippen LogP contribution in [0.1, 0.15) is 22.3 Å². The molecule has 0 aromatic heterocycles. The first-order chi connectivity index (χ1) is 8.27. The molecular formula is C15H11ClO. The number of benzene rings is 2. The van der Waals surface area contributed by atoms with Crippen LogP contribution in [0.3, 0.4) is 0 Å². The summed E-state index contributed by atoms with van der Waals surface area (Å²) in [6.45, 7) is 0. The van der Waals surface area contributed by atoms with E-state index in [9.17, 15) is 4.79 Å². The number of hydrogen-bond acceptors (Lipinski definition) is 1. The van der Waals surface area contributed by atoms with Gasteiger partial charge in [-0.25, -0.2) is 0 Å². The highest BCUT2D eigenvalue weighted by Gasteiger charge is 2.20. The average Bonchev–Trinajstić information content (AvgIpc) is 2.50. The number of hydrogen-bond donors (Lipinski definition) is 0. The minimum Gasteiger partial charge on any atom is -0.294 e. The Labute approximate surface area is 105 Å². The standard InChI is InChI=1S/C15H11ClO/c16-14-7-3-6-10-11-4-1-2-5-13(11)15(17)9-8-12(10)14/h1-7H,8-9H2. The molecule has 0 fully saturated rings. The lowest BCUT2D eigenvalue weighted by atomic mass is 9.97. The van der Waals surface area contributed by atoms with Gasteiger partial charge in [0.05, 0.1) is 0 Å². The molecule has 0 atom stereocenters. The predicted octanol–water partition coefficient (Wildman–Crippen LogP) is 4.14. The minimum absolute atomic E-state index is 0.202. The molecular weight excluding hydrogens is 232 g/mol. The van der Waals surface area contributed by atoms with Gasteiger partial charge in [-0.3, -0.25) is 4.79 Å². The quantitative estimate of drug-likeness (QED) is 0.679. The number of Topliss-reactive ketones (excluding diaryl/α,β-unsaturated/α-hetero) is 1. The normalized spacial score (nSPS) is 13.8. The van der Waals surface area contributed by atoms with Crippen molar-refractivity contribution in [2.24, 2.45) is 0 Å². The van der Waals surface area contributed by atoms with Crippen molar-refractivity contribution in [3.05, 3.63) is 58.6 Å². The maximum atomic E-state index is 12.0. The molecule has 0 heterocycles. The minimum atomic E-state index is 0.202. The third kappa shape index (κ3) is 1.67. The second-order valence-electron chi connectivity index (χ2n) is 4.23. The van der Waals surface area contributed by atoms with E-state index >= 15 is 0 Å². The summed E-state index contributed by atoms with van der Waals surface area (Å²) in [5.41, 5.74) is 4.01. The van der Waals surface area contributed by atoms with Crippen molar-refractivity contribution in [3.8, 4) is 11.1 Å². The fraction of sp³-hybridized carbons (Fsp3) is 0.133. The SMILES string of the molecule is O=C1CCc2c(Cl)cccc2-c2ccccc21. The van der Waals surface area contributed by atoms with Gasteiger partial charge in [-0.2, -0.15) is 0 Å². The first kappa shape index (κ1) is 10.5. The maximum Gasteiger partial charge on any atom is 0.163 e. The summed E-state index contributed by atoms with van der Waals surface area (Å²) >= 11 is 6.22. The van der Waals surface area contributed by atoms with Crippen molar-refractivity contribution in [2.75, 3.05) is 0 Å². The van der Waals surface area contributed by atoms with Crippen molar-refractivity contribution < 1.29 is 4.79 Å². The first-order valence-corrected chi connectivity index (χ1v) is 6.05. The van der Waals surface area contributed by atoms with E-state index in [0.717, 1.165) is 33.7 Å². The Kier molecular flexibility index (Phi) is 2.49. The molecule has 3 rings (SSSR count). The molecule has 0 saturated heterocycles. The highest BCUT2D eigenvalue weighted by atomic mass is 35.5. The Morgan fingerprint density at radius 1 is 0.824 bits per heavy atom. The largest absolute Gasteiger partial charge is 0.294 e. The zero-order valence-corrected chi connectivity index (χ0v) is 10.00. The summed E-state index contributed by atoms with van der Waals surface area (Å²) in [6.07, 6.45) is 1.26. The summed E-state index contributed by atoms with van der Waals surface area (Å²) in [7, 11) is 0. The van der Waals surface area contributed by atoms with Crippen molar-refractivity contribution in [2.45, 2.75) is 12.8 Å². The zero-order chi connectivity index (χ0) is 11.8. The smallest absolute Gasteiger partial charge is 0.163 e. The number of carbonyl (C=O) groups excluding carboxylic acids is 1. The van der Waals surface area contributed by atoms with E-state index in [4.69, 9.17) is 11.6 Å². The van der Waals surface area contributed by atoms with Crippen LogP contribution in [0.15, 0.2) is 42.5 Å². The van der Waals surface area contributed by atoms with Crippen LogP contribution < -0.4 is 0 Å². The second-order valence-corrected chi connectivity index (χ2v) is 4.64. The average molecular weight is 243 g/mol. The topological polar surface area (TPSA) is 17.1 Å². The fourth-order valence-corrected chi connectivity index (χ4v) is 2.67. The van der Waals surface area contributed by atoms with Crippen LogP contribution in [0, 0.1) is 0 Å². The summed E-state index contributed by atoms with van der Waals surface area (Å²) in [6, 6.07) is 13.6. The van der Waals surface area contributed by atoms with Gasteiger partial charge in [-0.05, 0) is 29.2 Å². The number of ketones is 1. The van der Waals surface area contributed by atoms with Crippen molar-refractivity contribution in [3.63, 3.8) is 0 Å². The Hall–Kier alpha value is -1.60. The molecule has 1 aliphatic rings. The Bertz CT molecular complexity index is 602. The van der Waals surface area contributed by atoms with E-state index in [0.29, 0.717) is 6.42 Å². The highest BCUT2D eigenvalue weighted by molar-refractivity contribution is 6.32. The number of carbonyl (C=O) groups is 1. The third-order valence-corrected chi connectivity index (χ3v) is 3.59. The zero-order valence-electron chi connectivity index (χ0n) is 9.24. The number of fused-ring (bicyclic) bond motifs is 3. The van der Waals surface area contributed by atoms with Gasteiger partial charge in [-0.1, -0.05) is 48.0 Å². The fourth-order valence-electron chi connectivity index (χ4n) is 2.40. The third-order valence-electron chi connectivity index (χ3n) is 3.24. The molecule has 0 unspecified atom stereocenters. The Morgan fingerprint density at radius 2 is 1.53 bits per heavy atom. The van der Waals surface area contributed by atoms with Crippen LogP contribution in [-0.4, -0.2) is 5.78 Å². The molecule has 17 heavy (non-hydrogen) atoms. The van der Waals surface area contributed by atoms with Crippen LogP contribution in [0.5, 0.6) is 0 Å². The van der Waals surface area contributed by atoms with Gasteiger partial charge in [0.2, 0.25) is 0 Å². The molecule has 0 radical (unpaired) electrons. The second kappa shape index (κ2) is 4.01. The van der Waals surface area contributed by atoms with E-state index in [-0.39, 0.29) is 5.78 Å².